The van der Waals surface area contributed by atoms with Crippen molar-refractivity contribution in [2.75, 3.05) is 19.0 Å². The van der Waals surface area contributed by atoms with Gasteiger partial charge in [0, 0.05) is 31.5 Å². The first-order valence-corrected chi connectivity index (χ1v) is 6.30. The van der Waals surface area contributed by atoms with Gasteiger partial charge in [-0.25, -0.2) is 0 Å². The smallest absolute Gasteiger partial charge is 0.238 e. The number of aromatic nitrogens is 2. The number of nitrogens with one attached hydrogen (secondary N) is 2. The zero-order valence-electron chi connectivity index (χ0n) is 11.6. The first-order valence-electron chi connectivity index (χ1n) is 6.30. The van der Waals surface area contributed by atoms with Crippen LogP contribution >= 0.6 is 0 Å². The van der Waals surface area contributed by atoms with E-state index in [1.807, 2.05) is 31.3 Å². The number of amides is 1. The topological polar surface area (TPSA) is 68.2 Å². The molecule has 106 valence electrons. The zero-order valence-corrected chi connectivity index (χ0v) is 11.6. The van der Waals surface area contributed by atoms with E-state index in [-0.39, 0.29) is 12.5 Å². The van der Waals surface area contributed by atoms with Crippen LogP contribution in [0.25, 0.3) is 0 Å². The number of hydrogen-bond donors (Lipinski definition) is 2. The highest BCUT2D eigenvalue weighted by Gasteiger charge is 2.04. The zero-order chi connectivity index (χ0) is 14.4. The van der Waals surface area contributed by atoms with Gasteiger partial charge in [0.1, 0.15) is 5.75 Å². The summed E-state index contributed by atoms with van der Waals surface area (Å²) in [6, 6.07) is 9.17. The Bertz CT molecular complexity index is 580. The normalized spacial score (nSPS) is 10.3. The lowest BCUT2D eigenvalue weighted by molar-refractivity contribution is -0.115. The molecular weight excluding hydrogens is 256 g/mol. The summed E-state index contributed by atoms with van der Waals surface area (Å²) in [6.07, 6.45) is 1.73. The Hall–Kier alpha value is -2.34. The van der Waals surface area contributed by atoms with Gasteiger partial charge in [-0.1, -0.05) is 6.07 Å². The Labute approximate surface area is 117 Å². The van der Waals surface area contributed by atoms with Gasteiger partial charge < -0.3 is 15.4 Å². The van der Waals surface area contributed by atoms with Crippen LogP contribution in [0.4, 0.5) is 5.69 Å². The minimum Gasteiger partial charge on any atom is -0.497 e. The minimum atomic E-state index is -0.0968. The lowest BCUT2D eigenvalue weighted by Crippen LogP contribution is -2.28. The van der Waals surface area contributed by atoms with E-state index in [4.69, 9.17) is 4.74 Å². The molecule has 20 heavy (non-hydrogen) atoms. The lowest BCUT2D eigenvalue weighted by Gasteiger charge is -2.08. The fourth-order valence-electron chi connectivity index (χ4n) is 1.78. The Morgan fingerprint density at radius 2 is 2.25 bits per heavy atom. The third kappa shape index (κ3) is 3.83. The number of carbonyl (C=O) groups is 1. The fourth-order valence-corrected chi connectivity index (χ4v) is 1.78. The van der Waals surface area contributed by atoms with Crippen LogP contribution in [0, 0.1) is 0 Å². The summed E-state index contributed by atoms with van der Waals surface area (Å²) in [5.41, 5.74) is 1.75. The van der Waals surface area contributed by atoms with Crippen molar-refractivity contribution in [3.63, 3.8) is 0 Å². The summed E-state index contributed by atoms with van der Waals surface area (Å²) in [5, 5.41) is 9.94. The van der Waals surface area contributed by atoms with Gasteiger partial charge in [0.2, 0.25) is 5.91 Å². The Kier molecular flexibility index (Phi) is 4.73. The number of carbonyl (C=O) groups excluding carboxylic acids is 1. The Morgan fingerprint density at radius 1 is 1.40 bits per heavy atom. The number of anilines is 1. The van der Waals surface area contributed by atoms with Crippen LogP contribution in [0.1, 0.15) is 5.69 Å². The number of hydrogen-bond acceptors (Lipinski definition) is 4. The van der Waals surface area contributed by atoms with E-state index in [1.165, 1.54) is 0 Å². The summed E-state index contributed by atoms with van der Waals surface area (Å²) in [7, 11) is 3.46. The van der Waals surface area contributed by atoms with Crippen LogP contribution in [-0.2, 0) is 18.4 Å². The van der Waals surface area contributed by atoms with E-state index in [1.54, 1.807) is 24.1 Å². The van der Waals surface area contributed by atoms with Crippen LogP contribution in [0.2, 0.25) is 0 Å². The highest BCUT2D eigenvalue weighted by Crippen LogP contribution is 2.16. The van der Waals surface area contributed by atoms with Gasteiger partial charge in [0.05, 0.1) is 19.3 Å². The van der Waals surface area contributed by atoms with Gasteiger partial charge in [0.15, 0.2) is 0 Å². The molecule has 0 spiro atoms. The molecule has 1 amide bonds. The van der Waals surface area contributed by atoms with Crippen molar-refractivity contribution < 1.29 is 9.53 Å². The highest BCUT2D eigenvalue weighted by atomic mass is 16.5. The average Bonchev–Trinajstić information content (AvgIpc) is 2.85. The summed E-state index contributed by atoms with van der Waals surface area (Å²) in [4.78, 5) is 11.8. The fraction of sp³-hybridized carbons (Fsp3) is 0.286. The second kappa shape index (κ2) is 6.72. The molecular formula is C14H18N4O2. The van der Waals surface area contributed by atoms with Gasteiger partial charge in [-0.3, -0.25) is 9.48 Å². The molecule has 0 radical (unpaired) electrons. The minimum absolute atomic E-state index is 0.0968. The second-order valence-electron chi connectivity index (χ2n) is 4.33. The third-order valence-electron chi connectivity index (χ3n) is 2.87. The molecule has 0 aliphatic rings. The Morgan fingerprint density at radius 3 is 2.95 bits per heavy atom. The van der Waals surface area contributed by atoms with Gasteiger partial charge in [-0.05, 0) is 18.2 Å². The highest BCUT2D eigenvalue weighted by molar-refractivity contribution is 5.92. The van der Waals surface area contributed by atoms with Crippen LogP contribution in [0.3, 0.4) is 0 Å². The van der Waals surface area contributed by atoms with Crippen LogP contribution in [-0.4, -0.2) is 29.3 Å². The number of aryl methyl sites for hydroxylation is 1. The number of ether oxygens (including phenoxy) is 1. The maximum Gasteiger partial charge on any atom is 0.238 e. The molecule has 1 aromatic heterocycles. The lowest BCUT2D eigenvalue weighted by atomic mass is 10.3. The summed E-state index contributed by atoms with van der Waals surface area (Å²) < 4.78 is 6.87. The van der Waals surface area contributed by atoms with Crippen LogP contribution in [0.15, 0.2) is 36.5 Å². The summed E-state index contributed by atoms with van der Waals surface area (Å²) >= 11 is 0. The number of nitrogens with zero attached hydrogens (tertiary/aromatic N) is 2. The van der Waals surface area contributed by atoms with Crippen molar-refractivity contribution in [1.29, 1.82) is 0 Å². The van der Waals surface area contributed by atoms with Gasteiger partial charge >= 0.3 is 0 Å². The van der Waals surface area contributed by atoms with Crippen molar-refractivity contribution >= 4 is 11.6 Å². The predicted octanol–water partition coefficient (Wildman–Crippen LogP) is 1.16. The van der Waals surface area contributed by atoms with Crippen molar-refractivity contribution in [2.24, 2.45) is 7.05 Å². The second-order valence-corrected chi connectivity index (χ2v) is 4.33. The molecule has 0 aliphatic heterocycles. The van der Waals surface area contributed by atoms with Crippen LogP contribution < -0.4 is 15.4 Å². The van der Waals surface area contributed by atoms with Crippen LogP contribution in [0.5, 0.6) is 5.75 Å². The SMILES string of the molecule is COc1cccc(NC(=O)CNCc2ccnn2C)c1. The Balaban J connectivity index is 1.79. The number of methoxy groups -OCH3 is 1. The molecule has 0 saturated heterocycles. The molecule has 0 saturated carbocycles. The van der Waals surface area contributed by atoms with Gasteiger partial charge in [0.25, 0.3) is 0 Å². The molecule has 0 aliphatic carbocycles. The standard InChI is InChI=1S/C14H18N4O2/c1-18-12(6-7-16-18)9-15-10-14(19)17-11-4-3-5-13(8-11)20-2/h3-8,15H,9-10H2,1-2H3,(H,17,19). The van der Waals surface area contributed by atoms with E-state index < -0.39 is 0 Å². The van der Waals surface area contributed by atoms with Crippen molar-refractivity contribution in [2.45, 2.75) is 6.54 Å². The quantitative estimate of drug-likeness (QED) is 0.829. The molecule has 0 atom stereocenters. The molecule has 6 nitrogen and oxygen atoms in total. The van der Waals surface area contributed by atoms with E-state index in [9.17, 15) is 4.79 Å². The van der Waals surface area contributed by atoms with Gasteiger partial charge in [-0.15, -0.1) is 0 Å². The number of benzene rings is 1. The maximum atomic E-state index is 11.8. The molecule has 2 aromatic rings. The van der Waals surface area contributed by atoms with Crippen molar-refractivity contribution in [1.82, 2.24) is 15.1 Å². The van der Waals surface area contributed by atoms with E-state index in [0.717, 1.165) is 11.4 Å². The first-order chi connectivity index (χ1) is 9.69. The average molecular weight is 274 g/mol. The largest absolute Gasteiger partial charge is 0.497 e. The van der Waals surface area contributed by atoms with Crippen molar-refractivity contribution in [3.05, 3.63) is 42.2 Å². The maximum absolute atomic E-state index is 11.8. The van der Waals surface area contributed by atoms with E-state index >= 15 is 0 Å². The van der Waals surface area contributed by atoms with Gasteiger partial charge in [-0.2, -0.15) is 5.10 Å². The molecule has 2 N–H and O–H groups in total. The molecule has 0 unspecified atom stereocenters. The van der Waals surface area contributed by atoms with E-state index in [2.05, 4.69) is 15.7 Å². The van der Waals surface area contributed by atoms with E-state index in [0.29, 0.717) is 12.3 Å². The molecule has 1 heterocycles. The van der Waals surface area contributed by atoms with Crippen molar-refractivity contribution in [3.8, 4) is 5.75 Å². The summed E-state index contributed by atoms with van der Waals surface area (Å²) in [6.45, 7) is 0.838. The molecule has 6 heteroatoms. The predicted molar refractivity (Wildman–Crippen MR) is 76.5 cm³/mol. The number of rotatable bonds is 6. The third-order valence-corrected chi connectivity index (χ3v) is 2.87. The molecule has 2 rings (SSSR count). The first kappa shape index (κ1) is 14.1. The molecule has 0 bridgehead atoms. The molecule has 0 fully saturated rings. The monoisotopic (exact) mass is 274 g/mol. The molecule has 1 aromatic carbocycles. The summed E-state index contributed by atoms with van der Waals surface area (Å²) in [5.74, 6) is 0.617.